The first-order valence-electron chi connectivity index (χ1n) is 9.46. The zero-order chi connectivity index (χ0) is 21.1. The Hall–Kier alpha value is -4.24. The average molecular weight is 393 g/mol. The maximum Gasteiger partial charge on any atom is 0.289 e. The number of nitrogens with zero attached hydrogens (tertiary/aromatic N) is 5. The Labute approximate surface area is 174 Å². The Morgan fingerprint density at radius 2 is 1.70 bits per heavy atom. The van der Waals surface area contributed by atoms with Crippen LogP contribution in [0.25, 0.3) is 16.9 Å². The summed E-state index contributed by atoms with van der Waals surface area (Å²) in [7, 11) is 0. The Morgan fingerprint density at radius 3 is 2.37 bits per heavy atom. The van der Waals surface area contributed by atoms with Crippen LogP contribution in [0.3, 0.4) is 0 Å². The summed E-state index contributed by atoms with van der Waals surface area (Å²) < 4.78 is 3.04. The molecule has 30 heavy (non-hydrogen) atoms. The molecule has 2 aromatic heterocycles. The summed E-state index contributed by atoms with van der Waals surface area (Å²) in [5, 5.41) is 18.4. The van der Waals surface area contributed by atoms with Crippen LogP contribution >= 0.6 is 0 Å². The van der Waals surface area contributed by atoms with Gasteiger partial charge in [0.1, 0.15) is 17.3 Å². The van der Waals surface area contributed by atoms with E-state index in [1.807, 2.05) is 72.9 Å². The van der Waals surface area contributed by atoms with E-state index in [1.165, 1.54) is 4.68 Å². The lowest BCUT2D eigenvalue weighted by atomic mass is 10.1. The van der Waals surface area contributed by atoms with Gasteiger partial charge in [-0.25, -0.2) is 9.36 Å². The van der Waals surface area contributed by atoms with Crippen molar-refractivity contribution < 1.29 is 0 Å². The van der Waals surface area contributed by atoms with Gasteiger partial charge in [0.2, 0.25) is 0 Å². The predicted octanol–water partition coefficient (Wildman–Crippen LogP) is 4.07. The second kappa shape index (κ2) is 8.02. The van der Waals surface area contributed by atoms with E-state index in [4.69, 9.17) is 5.10 Å². The first-order valence-corrected chi connectivity index (χ1v) is 9.46. The van der Waals surface area contributed by atoms with Crippen molar-refractivity contribution in [2.75, 3.05) is 0 Å². The molecule has 0 aliphatic heterocycles. The molecule has 4 rings (SSSR count). The molecule has 2 aromatic carbocycles. The molecule has 2 heterocycles. The number of rotatable bonds is 4. The average Bonchev–Trinajstić information content (AvgIpc) is 3.19. The molecule has 0 unspecified atom stereocenters. The van der Waals surface area contributed by atoms with E-state index in [1.54, 1.807) is 30.8 Å². The van der Waals surface area contributed by atoms with Gasteiger partial charge in [-0.2, -0.15) is 15.5 Å². The van der Waals surface area contributed by atoms with Gasteiger partial charge in [-0.1, -0.05) is 48.5 Å². The molecule has 0 aliphatic carbocycles. The monoisotopic (exact) mass is 393 g/mol. The first-order chi connectivity index (χ1) is 14.6. The van der Waals surface area contributed by atoms with Gasteiger partial charge in [0.15, 0.2) is 0 Å². The lowest BCUT2D eigenvalue weighted by Gasteiger charge is -2.06. The van der Waals surface area contributed by atoms with Crippen molar-refractivity contribution in [3.05, 3.63) is 106 Å². The van der Waals surface area contributed by atoms with Gasteiger partial charge < -0.3 is 0 Å². The third kappa shape index (κ3) is 3.56. The normalized spacial score (nSPS) is 11.0. The largest absolute Gasteiger partial charge is 0.289 e. The van der Waals surface area contributed by atoms with Crippen molar-refractivity contribution in [2.45, 2.75) is 13.8 Å². The highest BCUT2D eigenvalue weighted by Crippen LogP contribution is 2.22. The molecule has 0 saturated carbocycles. The van der Waals surface area contributed by atoms with Crippen molar-refractivity contribution in [3.8, 4) is 23.0 Å². The standard InChI is InChI=1S/C24H19N5O/c1-17-13-18(2)29(24(30)22(17)14-25)26-15-20-16-28(21-11-7-4-8-12-21)27-23(20)19-9-5-3-6-10-19/h3-13,15-16H,1-2H3/b26-15+. The highest BCUT2D eigenvalue weighted by atomic mass is 16.1. The van der Waals surface area contributed by atoms with E-state index < -0.39 is 5.56 Å². The molecular formula is C24H19N5O. The number of pyridine rings is 1. The molecule has 0 fully saturated rings. The summed E-state index contributed by atoms with van der Waals surface area (Å²) in [5.74, 6) is 0. The second-order valence-electron chi connectivity index (χ2n) is 6.90. The van der Waals surface area contributed by atoms with Crippen molar-refractivity contribution in [1.82, 2.24) is 14.5 Å². The molecule has 0 spiro atoms. The van der Waals surface area contributed by atoms with E-state index in [2.05, 4.69) is 5.10 Å². The van der Waals surface area contributed by atoms with Crippen LogP contribution in [0.5, 0.6) is 0 Å². The minimum absolute atomic E-state index is 0.0982. The van der Waals surface area contributed by atoms with Crippen LogP contribution in [0, 0.1) is 25.2 Å². The highest BCUT2D eigenvalue weighted by Gasteiger charge is 2.12. The Bertz CT molecular complexity index is 1330. The summed E-state index contributed by atoms with van der Waals surface area (Å²) >= 11 is 0. The fourth-order valence-corrected chi connectivity index (χ4v) is 3.30. The second-order valence-corrected chi connectivity index (χ2v) is 6.90. The fourth-order valence-electron chi connectivity index (χ4n) is 3.30. The number of hydrogen-bond acceptors (Lipinski definition) is 4. The molecule has 0 radical (unpaired) electrons. The van der Waals surface area contributed by atoms with E-state index >= 15 is 0 Å². The SMILES string of the molecule is Cc1cc(C)n(/N=C/c2cn(-c3ccccc3)nc2-c2ccccc2)c(=O)c1C#N. The highest BCUT2D eigenvalue weighted by molar-refractivity contribution is 5.88. The van der Waals surface area contributed by atoms with Crippen molar-refractivity contribution in [2.24, 2.45) is 5.10 Å². The summed E-state index contributed by atoms with van der Waals surface area (Å²) in [6.45, 7) is 3.54. The van der Waals surface area contributed by atoms with Crippen LogP contribution in [0.1, 0.15) is 22.4 Å². The lowest BCUT2D eigenvalue weighted by Crippen LogP contribution is -2.22. The van der Waals surface area contributed by atoms with Gasteiger partial charge in [0.05, 0.1) is 11.9 Å². The molecule has 0 atom stereocenters. The van der Waals surface area contributed by atoms with Crippen molar-refractivity contribution in [1.29, 1.82) is 5.26 Å². The molecular weight excluding hydrogens is 374 g/mol. The maximum absolute atomic E-state index is 12.7. The van der Waals surface area contributed by atoms with Crippen LogP contribution in [0.15, 0.2) is 82.8 Å². The smallest absolute Gasteiger partial charge is 0.266 e. The van der Waals surface area contributed by atoms with Gasteiger partial charge in [-0.05, 0) is 37.6 Å². The zero-order valence-electron chi connectivity index (χ0n) is 16.6. The molecule has 6 nitrogen and oxygen atoms in total. The molecule has 0 amide bonds. The number of nitriles is 1. The Morgan fingerprint density at radius 1 is 1.03 bits per heavy atom. The van der Waals surface area contributed by atoms with E-state index in [9.17, 15) is 10.1 Å². The van der Waals surface area contributed by atoms with Crippen molar-refractivity contribution >= 4 is 6.21 Å². The van der Waals surface area contributed by atoms with Crippen LogP contribution in [-0.2, 0) is 0 Å². The molecule has 0 saturated heterocycles. The fraction of sp³-hybridized carbons (Fsp3) is 0.0833. The molecule has 6 heteroatoms. The Balaban J connectivity index is 1.84. The van der Waals surface area contributed by atoms with Gasteiger partial charge in [0.25, 0.3) is 5.56 Å². The van der Waals surface area contributed by atoms with Crippen molar-refractivity contribution in [3.63, 3.8) is 0 Å². The number of benzene rings is 2. The summed E-state index contributed by atoms with van der Waals surface area (Å²) in [6.07, 6.45) is 3.49. The minimum Gasteiger partial charge on any atom is -0.266 e. The minimum atomic E-state index is -0.428. The summed E-state index contributed by atoms with van der Waals surface area (Å²) in [4.78, 5) is 12.7. The quantitative estimate of drug-likeness (QED) is 0.491. The van der Waals surface area contributed by atoms with Crippen LogP contribution < -0.4 is 5.56 Å². The summed E-state index contributed by atoms with van der Waals surface area (Å²) in [5.41, 5.74) is 4.35. The molecule has 4 aromatic rings. The van der Waals surface area contributed by atoms with Gasteiger partial charge in [-0.3, -0.25) is 4.79 Å². The van der Waals surface area contributed by atoms with Crippen LogP contribution in [0.2, 0.25) is 0 Å². The third-order valence-electron chi connectivity index (χ3n) is 4.79. The maximum atomic E-state index is 12.7. The van der Waals surface area contributed by atoms with E-state index in [0.717, 1.165) is 22.5 Å². The number of hydrogen-bond donors (Lipinski definition) is 0. The Kier molecular flexibility index (Phi) is 5.10. The third-order valence-corrected chi connectivity index (χ3v) is 4.79. The number of aromatic nitrogens is 3. The van der Waals surface area contributed by atoms with Crippen LogP contribution in [-0.4, -0.2) is 20.7 Å². The van der Waals surface area contributed by atoms with E-state index in [-0.39, 0.29) is 5.56 Å². The topological polar surface area (TPSA) is 76.0 Å². The predicted molar refractivity (Wildman–Crippen MR) is 117 cm³/mol. The summed E-state index contributed by atoms with van der Waals surface area (Å²) in [6, 6.07) is 23.3. The van der Waals surface area contributed by atoms with Gasteiger partial charge in [-0.15, -0.1) is 0 Å². The number of para-hydroxylation sites is 1. The zero-order valence-corrected chi connectivity index (χ0v) is 16.6. The number of aryl methyl sites for hydroxylation is 2. The van der Waals surface area contributed by atoms with Gasteiger partial charge in [0, 0.05) is 23.0 Å². The molecule has 146 valence electrons. The van der Waals surface area contributed by atoms with E-state index in [0.29, 0.717) is 11.3 Å². The molecule has 0 N–H and O–H groups in total. The first kappa shape index (κ1) is 19.1. The molecule has 0 bridgehead atoms. The van der Waals surface area contributed by atoms with Gasteiger partial charge >= 0.3 is 0 Å². The van der Waals surface area contributed by atoms with Crippen LogP contribution in [0.4, 0.5) is 0 Å². The lowest BCUT2D eigenvalue weighted by molar-refractivity contribution is 0.786. The molecule has 0 aliphatic rings.